The Balaban J connectivity index is 2.25. The molecule has 0 amide bonds. The highest BCUT2D eigenvalue weighted by Crippen LogP contribution is 2.23. The van der Waals surface area contributed by atoms with Gasteiger partial charge < -0.3 is 9.47 Å². The first-order valence-corrected chi connectivity index (χ1v) is 10.0. The van der Waals surface area contributed by atoms with E-state index < -0.39 is 35.3 Å². The quantitative estimate of drug-likeness (QED) is 0.317. The summed E-state index contributed by atoms with van der Waals surface area (Å²) in [6.45, 7) is 3.56. The van der Waals surface area contributed by atoms with Gasteiger partial charge in [-0.15, -0.1) is 0 Å². The average Bonchev–Trinajstić information content (AvgIpc) is 2.77. The average molecular weight is 410 g/mol. The van der Waals surface area contributed by atoms with Crippen LogP contribution in [0.3, 0.4) is 0 Å². The Labute approximate surface area is 176 Å². The highest BCUT2D eigenvalue weighted by atomic mass is 16.5. The molecule has 0 heterocycles. The fraction of sp³-hybridized carbons (Fsp3) is 0.333. The van der Waals surface area contributed by atoms with Gasteiger partial charge in [0.2, 0.25) is 0 Å². The summed E-state index contributed by atoms with van der Waals surface area (Å²) >= 11 is 0. The van der Waals surface area contributed by atoms with E-state index in [-0.39, 0.29) is 26.1 Å². The fourth-order valence-electron chi connectivity index (χ4n) is 3.14. The molecular formula is C24H26O6. The third kappa shape index (κ3) is 6.11. The summed E-state index contributed by atoms with van der Waals surface area (Å²) in [7, 11) is 0. The Morgan fingerprint density at radius 2 is 0.967 bits per heavy atom. The van der Waals surface area contributed by atoms with Crippen molar-refractivity contribution in [2.45, 2.75) is 26.7 Å². The molecule has 30 heavy (non-hydrogen) atoms. The number of rotatable bonds is 11. The second-order valence-corrected chi connectivity index (χ2v) is 6.65. The van der Waals surface area contributed by atoms with Gasteiger partial charge in [0.25, 0.3) is 0 Å². The van der Waals surface area contributed by atoms with E-state index in [1.807, 2.05) is 0 Å². The number of esters is 2. The van der Waals surface area contributed by atoms with Gasteiger partial charge in [0.05, 0.1) is 13.2 Å². The van der Waals surface area contributed by atoms with E-state index in [0.29, 0.717) is 11.1 Å². The Morgan fingerprint density at radius 1 is 0.633 bits per heavy atom. The van der Waals surface area contributed by atoms with Crippen LogP contribution in [-0.2, 0) is 19.1 Å². The number of hydrogen-bond donors (Lipinski definition) is 0. The second kappa shape index (κ2) is 11.7. The largest absolute Gasteiger partial charge is 0.465 e. The maximum Gasteiger partial charge on any atom is 0.316 e. The molecule has 0 saturated carbocycles. The summed E-state index contributed by atoms with van der Waals surface area (Å²) in [4.78, 5) is 50.7. The molecule has 2 aromatic carbocycles. The molecule has 0 N–H and O–H groups in total. The van der Waals surface area contributed by atoms with Crippen molar-refractivity contribution < 1.29 is 28.7 Å². The highest BCUT2D eigenvalue weighted by Gasteiger charge is 2.34. The lowest BCUT2D eigenvalue weighted by Gasteiger charge is -2.18. The third-order valence-electron chi connectivity index (χ3n) is 4.64. The Kier molecular flexibility index (Phi) is 8.94. The van der Waals surface area contributed by atoms with E-state index in [1.54, 1.807) is 74.5 Å². The SMILES string of the molecule is CCOC(=O)C(CCC(C(=O)OCC)C(=O)c1ccccc1)C(=O)c1ccccc1. The lowest BCUT2D eigenvalue weighted by atomic mass is 9.86. The van der Waals surface area contributed by atoms with Crippen LogP contribution in [-0.4, -0.2) is 36.7 Å². The van der Waals surface area contributed by atoms with Gasteiger partial charge in [0.1, 0.15) is 11.8 Å². The first-order valence-electron chi connectivity index (χ1n) is 10.0. The van der Waals surface area contributed by atoms with Crippen molar-refractivity contribution in [1.82, 2.24) is 0 Å². The van der Waals surface area contributed by atoms with Crippen LogP contribution in [0, 0.1) is 11.8 Å². The summed E-state index contributed by atoms with van der Waals surface area (Å²) in [6.07, 6.45) is -0.0107. The number of hydrogen-bond acceptors (Lipinski definition) is 6. The molecule has 2 atom stereocenters. The predicted molar refractivity (Wildman–Crippen MR) is 111 cm³/mol. The Bertz CT molecular complexity index is 786. The van der Waals surface area contributed by atoms with Crippen LogP contribution >= 0.6 is 0 Å². The maximum absolute atomic E-state index is 12.9. The van der Waals surface area contributed by atoms with E-state index in [1.165, 1.54) is 0 Å². The van der Waals surface area contributed by atoms with Crippen molar-refractivity contribution >= 4 is 23.5 Å². The summed E-state index contributed by atoms with van der Waals surface area (Å²) in [6, 6.07) is 16.8. The van der Waals surface area contributed by atoms with E-state index in [2.05, 4.69) is 0 Å². The zero-order valence-electron chi connectivity index (χ0n) is 17.2. The summed E-state index contributed by atoms with van der Waals surface area (Å²) in [5.41, 5.74) is 0.746. The number of carbonyl (C=O) groups excluding carboxylic acids is 4. The summed E-state index contributed by atoms with van der Waals surface area (Å²) in [5, 5.41) is 0. The zero-order chi connectivity index (χ0) is 21.9. The molecule has 0 spiro atoms. The number of Topliss-reactive ketones (excluding diaryl/α,β-unsaturated/α-hetero) is 2. The Hall–Kier alpha value is -3.28. The smallest absolute Gasteiger partial charge is 0.316 e. The monoisotopic (exact) mass is 410 g/mol. The number of ketones is 2. The van der Waals surface area contributed by atoms with Gasteiger partial charge >= 0.3 is 11.9 Å². The minimum absolute atomic E-state index is 0.00534. The van der Waals surface area contributed by atoms with Crippen molar-refractivity contribution in [1.29, 1.82) is 0 Å². The molecule has 6 nitrogen and oxygen atoms in total. The summed E-state index contributed by atoms with van der Waals surface area (Å²) in [5.74, 6) is -4.34. The van der Waals surface area contributed by atoms with Gasteiger partial charge in [-0.2, -0.15) is 0 Å². The summed E-state index contributed by atoms with van der Waals surface area (Å²) < 4.78 is 10.1. The van der Waals surface area contributed by atoms with Crippen molar-refractivity contribution in [3.63, 3.8) is 0 Å². The van der Waals surface area contributed by atoms with Crippen molar-refractivity contribution in [2.24, 2.45) is 11.8 Å². The molecule has 0 aliphatic heterocycles. The molecule has 0 bridgehead atoms. The van der Waals surface area contributed by atoms with Gasteiger partial charge in [-0.25, -0.2) is 0 Å². The third-order valence-corrected chi connectivity index (χ3v) is 4.64. The van der Waals surface area contributed by atoms with E-state index in [9.17, 15) is 19.2 Å². The van der Waals surface area contributed by atoms with Crippen LogP contribution in [0.4, 0.5) is 0 Å². The number of benzene rings is 2. The van der Waals surface area contributed by atoms with Crippen molar-refractivity contribution in [3.8, 4) is 0 Å². The lowest BCUT2D eigenvalue weighted by molar-refractivity contribution is -0.149. The molecule has 2 aromatic rings. The van der Waals surface area contributed by atoms with Crippen molar-refractivity contribution in [3.05, 3.63) is 71.8 Å². The molecule has 0 saturated heterocycles. The van der Waals surface area contributed by atoms with Crippen molar-refractivity contribution in [2.75, 3.05) is 13.2 Å². The zero-order valence-corrected chi connectivity index (χ0v) is 17.2. The van der Waals surface area contributed by atoms with Gasteiger partial charge in [0.15, 0.2) is 11.6 Å². The Morgan fingerprint density at radius 3 is 1.27 bits per heavy atom. The molecule has 0 radical (unpaired) electrons. The standard InChI is InChI=1S/C24H26O6/c1-3-29-23(27)19(21(25)17-11-7-5-8-12-17)15-16-20(24(28)30-4-2)22(26)18-13-9-6-10-14-18/h5-14,19-20H,3-4,15-16H2,1-2H3. The molecular weight excluding hydrogens is 384 g/mol. The normalized spacial score (nSPS) is 12.5. The molecule has 158 valence electrons. The molecule has 0 aliphatic rings. The predicted octanol–water partition coefficient (Wildman–Crippen LogP) is 3.89. The molecule has 6 heteroatoms. The minimum Gasteiger partial charge on any atom is -0.465 e. The van der Waals surface area contributed by atoms with Crippen LogP contribution in [0.2, 0.25) is 0 Å². The van der Waals surface area contributed by atoms with E-state index in [0.717, 1.165) is 0 Å². The molecule has 0 fully saturated rings. The molecule has 0 aliphatic carbocycles. The molecule has 0 aromatic heterocycles. The van der Waals surface area contributed by atoms with Crippen LogP contribution in [0.15, 0.2) is 60.7 Å². The number of carbonyl (C=O) groups is 4. The highest BCUT2D eigenvalue weighted by molar-refractivity contribution is 6.10. The molecule has 2 unspecified atom stereocenters. The van der Waals surface area contributed by atoms with E-state index >= 15 is 0 Å². The first-order chi connectivity index (χ1) is 14.5. The lowest BCUT2D eigenvalue weighted by Crippen LogP contribution is -2.31. The molecule has 2 rings (SSSR count). The topological polar surface area (TPSA) is 86.7 Å². The van der Waals surface area contributed by atoms with E-state index in [4.69, 9.17) is 9.47 Å². The first kappa shape index (κ1) is 23.0. The van der Waals surface area contributed by atoms with Crippen LogP contribution < -0.4 is 0 Å². The second-order valence-electron chi connectivity index (χ2n) is 6.65. The van der Waals surface area contributed by atoms with Gasteiger partial charge in [0, 0.05) is 11.1 Å². The number of ether oxygens (including phenoxy) is 2. The fourth-order valence-corrected chi connectivity index (χ4v) is 3.14. The van der Waals surface area contributed by atoms with Crippen LogP contribution in [0.25, 0.3) is 0 Å². The van der Waals surface area contributed by atoms with Crippen LogP contribution in [0.5, 0.6) is 0 Å². The van der Waals surface area contributed by atoms with Gasteiger partial charge in [-0.3, -0.25) is 19.2 Å². The van der Waals surface area contributed by atoms with Gasteiger partial charge in [-0.1, -0.05) is 60.7 Å². The van der Waals surface area contributed by atoms with Gasteiger partial charge in [-0.05, 0) is 26.7 Å². The van der Waals surface area contributed by atoms with Crippen LogP contribution in [0.1, 0.15) is 47.4 Å². The maximum atomic E-state index is 12.9. The minimum atomic E-state index is -1.10.